The van der Waals surface area contributed by atoms with Crippen LogP contribution in [0, 0.1) is 17.3 Å². The van der Waals surface area contributed by atoms with Crippen LogP contribution in [0.4, 0.5) is 0 Å². The molecule has 0 N–H and O–H groups in total. The topological polar surface area (TPSA) is 27.7 Å². The molecule has 2 aliphatic rings. The van der Waals surface area contributed by atoms with Crippen LogP contribution in [0.25, 0.3) is 0 Å². The summed E-state index contributed by atoms with van der Waals surface area (Å²) in [5.74, 6) is 1.70. The summed E-state index contributed by atoms with van der Waals surface area (Å²) in [5, 5.41) is 0. The number of methoxy groups -OCH3 is 1. The Labute approximate surface area is 175 Å². The van der Waals surface area contributed by atoms with Gasteiger partial charge in [-0.25, -0.2) is 0 Å². The van der Waals surface area contributed by atoms with Gasteiger partial charge < -0.3 is 14.2 Å². The van der Waals surface area contributed by atoms with Crippen molar-refractivity contribution < 1.29 is 14.2 Å². The van der Waals surface area contributed by atoms with Crippen LogP contribution in [0.3, 0.4) is 0 Å². The van der Waals surface area contributed by atoms with Crippen LogP contribution >= 0.6 is 0 Å². The van der Waals surface area contributed by atoms with Gasteiger partial charge in [0.05, 0.1) is 30.5 Å². The molecule has 0 amide bonds. The van der Waals surface area contributed by atoms with Gasteiger partial charge in [-0.3, -0.25) is 0 Å². The molecule has 0 aromatic rings. The van der Waals surface area contributed by atoms with E-state index >= 15 is 0 Å². The minimum Gasteiger partial charge on any atom is -0.381 e. The summed E-state index contributed by atoms with van der Waals surface area (Å²) in [4.78, 5) is 0. The highest BCUT2D eigenvalue weighted by Crippen LogP contribution is 2.48. The lowest BCUT2D eigenvalue weighted by molar-refractivity contribution is -0.122. The molecule has 28 heavy (non-hydrogen) atoms. The van der Waals surface area contributed by atoms with E-state index in [2.05, 4.69) is 41.5 Å². The van der Waals surface area contributed by atoms with Gasteiger partial charge in [0.15, 0.2) is 0 Å². The maximum Gasteiger partial charge on any atom is 0.0787 e. The molecule has 0 aliphatic heterocycles. The van der Waals surface area contributed by atoms with E-state index in [1.807, 2.05) is 7.11 Å². The predicted octanol–water partition coefficient (Wildman–Crippen LogP) is 6.78. The Morgan fingerprint density at radius 2 is 1.25 bits per heavy atom. The Morgan fingerprint density at radius 1 is 0.786 bits per heavy atom. The highest BCUT2D eigenvalue weighted by molar-refractivity contribution is 4.91. The molecule has 0 bridgehead atoms. The van der Waals surface area contributed by atoms with Gasteiger partial charge in [0.2, 0.25) is 0 Å². The molecule has 1 unspecified atom stereocenters. The zero-order valence-corrected chi connectivity index (χ0v) is 19.9. The SMILES string of the molecule is CCC(C)(CC)OC(C)COC1CCC(C(C)(C)C2CCC(OC)CC2)CC1. The molecule has 0 aromatic carbocycles. The van der Waals surface area contributed by atoms with Crippen molar-refractivity contribution in [2.24, 2.45) is 17.3 Å². The first-order valence-electron chi connectivity index (χ1n) is 12.1. The summed E-state index contributed by atoms with van der Waals surface area (Å²) in [6.45, 7) is 14.6. The second-order valence-electron chi connectivity index (χ2n) is 10.4. The third-order valence-electron chi connectivity index (χ3n) is 8.33. The van der Waals surface area contributed by atoms with E-state index in [0.717, 1.165) is 31.3 Å². The zero-order chi connectivity index (χ0) is 20.8. The van der Waals surface area contributed by atoms with Crippen LogP contribution in [0.5, 0.6) is 0 Å². The summed E-state index contributed by atoms with van der Waals surface area (Å²) in [7, 11) is 1.87. The summed E-state index contributed by atoms with van der Waals surface area (Å²) < 4.78 is 18.1. The Morgan fingerprint density at radius 3 is 1.68 bits per heavy atom. The van der Waals surface area contributed by atoms with Crippen molar-refractivity contribution in [2.45, 2.75) is 130 Å². The second kappa shape index (κ2) is 10.8. The first kappa shape index (κ1) is 24.2. The second-order valence-corrected chi connectivity index (χ2v) is 10.4. The van der Waals surface area contributed by atoms with Crippen molar-refractivity contribution in [1.29, 1.82) is 0 Å². The lowest BCUT2D eigenvalue weighted by Crippen LogP contribution is -2.39. The van der Waals surface area contributed by atoms with E-state index < -0.39 is 0 Å². The number of ether oxygens (including phenoxy) is 3. The normalized spacial score (nSPS) is 31.0. The fraction of sp³-hybridized carbons (Fsp3) is 1.00. The van der Waals surface area contributed by atoms with E-state index in [9.17, 15) is 0 Å². The molecule has 2 aliphatic carbocycles. The molecule has 0 spiro atoms. The van der Waals surface area contributed by atoms with Crippen molar-refractivity contribution in [3.63, 3.8) is 0 Å². The van der Waals surface area contributed by atoms with Crippen molar-refractivity contribution in [3.8, 4) is 0 Å². The largest absolute Gasteiger partial charge is 0.381 e. The van der Waals surface area contributed by atoms with E-state index in [4.69, 9.17) is 14.2 Å². The molecule has 0 saturated heterocycles. The average Bonchev–Trinajstić information content (AvgIpc) is 2.72. The van der Waals surface area contributed by atoms with E-state index in [0.29, 0.717) is 17.6 Å². The molecule has 166 valence electrons. The van der Waals surface area contributed by atoms with Gasteiger partial charge >= 0.3 is 0 Å². The van der Waals surface area contributed by atoms with Gasteiger partial charge in [0.1, 0.15) is 0 Å². The monoisotopic (exact) mass is 396 g/mol. The highest BCUT2D eigenvalue weighted by atomic mass is 16.5. The molecule has 2 saturated carbocycles. The summed E-state index contributed by atoms with van der Waals surface area (Å²) in [5.41, 5.74) is 0.441. The quantitative estimate of drug-likeness (QED) is 0.407. The molecule has 3 heteroatoms. The smallest absolute Gasteiger partial charge is 0.0787 e. The summed E-state index contributed by atoms with van der Waals surface area (Å²) in [6, 6.07) is 0. The van der Waals surface area contributed by atoms with Gasteiger partial charge in [-0.2, -0.15) is 0 Å². The van der Waals surface area contributed by atoms with Crippen LogP contribution < -0.4 is 0 Å². The first-order valence-corrected chi connectivity index (χ1v) is 12.1. The van der Waals surface area contributed by atoms with Crippen molar-refractivity contribution in [3.05, 3.63) is 0 Å². The van der Waals surface area contributed by atoms with E-state index in [1.54, 1.807) is 0 Å². The van der Waals surface area contributed by atoms with Crippen LogP contribution in [0.15, 0.2) is 0 Å². The molecule has 1 atom stereocenters. The Balaban J connectivity index is 1.73. The minimum atomic E-state index is -0.00766. The fourth-order valence-corrected chi connectivity index (χ4v) is 5.56. The molecule has 0 aromatic heterocycles. The maximum atomic E-state index is 6.27. The van der Waals surface area contributed by atoms with Crippen molar-refractivity contribution >= 4 is 0 Å². The maximum absolute atomic E-state index is 6.27. The Kier molecular flexibility index (Phi) is 9.29. The average molecular weight is 397 g/mol. The fourth-order valence-electron chi connectivity index (χ4n) is 5.56. The summed E-state index contributed by atoms with van der Waals surface area (Å²) in [6.07, 6.45) is 13.5. The Hall–Kier alpha value is -0.120. The van der Waals surface area contributed by atoms with Gasteiger partial charge in [0, 0.05) is 7.11 Å². The molecular weight excluding hydrogens is 348 g/mol. The molecule has 2 rings (SSSR count). The first-order chi connectivity index (χ1) is 13.2. The highest BCUT2D eigenvalue weighted by Gasteiger charge is 2.40. The number of hydrogen-bond acceptors (Lipinski definition) is 3. The number of hydrogen-bond donors (Lipinski definition) is 0. The third-order valence-corrected chi connectivity index (χ3v) is 8.33. The van der Waals surface area contributed by atoms with Crippen LogP contribution in [-0.2, 0) is 14.2 Å². The molecule has 0 radical (unpaired) electrons. The zero-order valence-electron chi connectivity index (χ0n) is 19.9. The van der Waals surface area contributed by atoms with E-state index in [1.165, 1.54) is 51.4 Å². The van der Waals surface area contributed by atoms with Gasteiger partial charge in [0.25, 0.3) is 0 Å². The van der Waals surface area contributed by atoms with Gasteiger partial charge in [-0.15, -0.1) is 0 Å². The van der Waals surface area contributed by atoms with Crippen molar-refractivity contribution in [1.82, 2.24) is 0 Å². The molecule has 0 heterocycles. The van der Waals surface area contributed by atoms with Gasteiger partial charge in [-0.1, -0.05) is 27.7 Å². The third kappa shape index (κ3) is 6.44. The molecule has 3 nitrogen and oxygen atoms in total. The lowest BCUT2D eigenvalue weighted by Gasteiger charge is -2.46. The predicted molar refractivity (Wildman–Crippen MR) is 118 cm³/mol. The van der Waals surface area contributed by atoms with Crippen LogP contribution in [0.2, 0.25) is 0 Å². The minimum absolute atomic E-state index is 0.00766. The lowest BCUT2D eigenvalue weighted by atomic mass is 9.60. The summed E-state index contributed by atoms with van der Waals surface area (Å²) >= 11 is 0. The molecule has 2 fully saturated rings. The van der Waals surface area contributed by atoms with Gasteiger partial charge in [-0.05, 0) is 95.3 Å². The standard InChI is InChI=1S/C25H48O3/c1-8-25(6,9-2)28-19(3)18-27-23-16-12-21(13-17-23)24(4,5)20-10-14-22(26-7)15-11-20/h19-23H,8-18H2,1-7H3. The van der Waals surface area contributed by atoms with Crippen LogP contribution in [-0.4, -0.2) is 37.6 Å². The molecular formula is C25H48O3. The van der Waals surface area contributed by atoms with E-state index in [-0.39, 0.29) is 11.7 Å². The van der Waals surface area contributed by atoms with Crippen molar-refractivity contribution in [2.75, 3.05) is 13.7 Å². The number of rotatable bonds is 10. The van der Waals surface area contributed by atoms with Crippen LogP contribution in [0.1, 0.15) is 106 Å². The Bertz CT molecular complexity index is 427.